The van der Waals surface area contributed by atoms with Gasteiger partial charge in [0.05, 0.1) is 18.2 Å². The zero-order chi connectivity index (χ0) is 16.3. The van der Waals surface area contributed by atoms with Crippen molar-refractivity contribution in [3.8, 4) is 6.07 Å². The summed E-state index contributed by atoms with van der Waals surface area (Å²) in [6, 6.07) is 2.44. The number of hydrogen-bond acceptors (Lipinski definition) is 5. The maximum atomic E-state index is 12.3. The highest BCUT2D eigenvalue weighted by Gasteiger charge is 2.27. The summed E-state index contributed by atoms with van der Waals surface area (Å²) in [6.45, 7) is 6.85. The van der Waals surface area contributed by atoms with Crippen LogP contribution < -0.4 is 5.32 Å². The Morgan fingerprint density at radius 3 is 2.95 bits per heavy atom. The predicted molar refractivity (Wildman–Crippen MR) is 88.0 cm³/mol. The minimum Gasteiger partial charge on any atom is -0.393 e. The van der Waals surface area contributed by atoms with E-state index in [2.05, 4.69) is 16.3 Å². The molecule has 1 aromatic heterocycles. The molecule has 1 saturated heterocycles. The third kappa shape index (κ3) is 3.86. The second-order valence-corrected chi connectivity index (χ2v) is 7.22. The first kappa shape index (κ1) is 16.9. The van der Waals surface area contributed by atoms with Crippen molar-refractivity contribution in [1.82, 2.24) is 4.90 Å². The standard InChI is InChI=1S/C16H23N3O2S/c1-10(20)7-13-5-4-6-19(13)9-15(21)18-16-14(8-17)11(2)12(3)22-16/h10,13,20H,4-7,9H2,1-3H3,(H,18,21). The molecule has 0 aliphatic carbocycles. The maximum Gasteiger partial charge on any atom is 0.239 e. The number of anilines is 1. The first-order valence-electron chi connectivity index (χ1n) is 7.64. The van der Waals surface area contributed by atoms with Crippen molar-refractivity contribution in [2.45, 2.75) is 52.2 Å². The fourth-order valence-electron chi connectivity index (χ4n) is 2.96. The molecular weight excluding hydrogens is 298 g/mol. The van der Waals surface area contributed by atoms with Gasteiger partial charge in [-0.2, -0.15) is 5.26 Å². The SMILES string of the molecule is Cc1sc(NC(=O)CN2CCCC2CC(C)O)c(C#N)c1C. The molecule has 0 radical (unpaired) electrons. The van der Waals surface area contributed by atoms with Gasteiger partial charge in [0.15, 0.2) is 0 Å². The summed E-state index contributed by atoms with van der Waals surface area (Å²) < 4.78 is 0. The van der Waals surface area contributed by atoms with Gasteiger partial charge in [-0.15, -0.1) is 11.3 Å². The number of aryl methyl sites for hydroxylation is 1. The zero-order valence-corrected chi connectivity index (χ0v) is 14.2. The third-order valence-electron chi connectivity index (χ3n) is 4.21. The average Bonchev–Trinajstić information content (AvgIpc) is 2.95. The Morgan fingerprint density at radius 2 is 2.32 bits per heavy atom. The van der Waals surface area contributed by atoms with E-state index in [1.54, 1.807) is 6.92 Å². The number of carbonyl (C=O) groups is 1. The highest BCUT2D eigenvalue weighted by atomic mass is 32.1. The lowest BCUT2D eigenvalue weighted by Gasteiger charge is -2.24. The zero-order valence-electron chi connectivity index (χ0n) is 13.3. The number of thiophene rings is 1. The van der Waals surface area contributed by atoms with Gasteiger partial charge in [0.25, 0.3) is 0 Å². The minimum absolute atomic E-state index is 0.0877. The van der Waals surface area contributed by atoms with Gasteiger partial charge in [-0.1, -0.05) is 0 Å². The molecule has 1 aliphatic heterocycles. The number of aliphatic hydroxyl groups excluding tert-OH is 1. The van der Waals surface area contributed by atoms with E-state index in [0.29, 0.717) is 23.5 Å². The largest absolute Gasteiger partial charge is 0.393 e. The molecule has 0 saturated carbocycles. The Bertz CT molecular complexity index is 589. The van der Waals surface area contributed by atoms with Crippen LogP contribution in [-0.2, 0) is 4.79 Å². The maximum absolute atomic E-state index is 12.3. The van der Waals surface area contributed by atoms with E-state index in [1.807, 2.05) is 13.8 Å². The molecule has 2 rings (SSSR count). The van der Waals surface area contributed by atoms with Crippen LogP contribution >= 0.6 is 11.3 Å². The van der Waals surface area contributed by atoms with Crippen molar-refractivity contribution in [3.63, 3.8) is 0 Å². The van der Waals surface area contributed by atoms with Crippen molar-refractivity contribution in [2.24, 2.45) is 0 Å². The Labute approximate surface area is 135 Å². The molecule has 2 unspecified atom stereocenters. The van der Waals surface area contributed by atoms with Crippen LogP contribution in [0.5, 0.6) is 0 Å². The lowest BCUT2D eigenvalue weighted by atomic mass is 10.1. The van der Waals surface area contributed by atoms with Crippen LogP contribution in [0.2, 0.25) is 0 Å². The molecule has 0 spiro atoms. The van der Waals surface area contributed by atoms with Crippen molar-refractivity contribution in [1.29, 1.82) is 5.26 Å². The molecule has 2 atom stereocenters. The monoisotopic (exact) mass is 321 g/mol. The lowest BCUT2D eigenvalue weighted by Crippen LogP contribution is -2.38. The summed E-state index contributed by atoms with van der Waals surface area (Å²) >= 11 is 1.45. The van der Waals surface area contributed by atoms with Gasteiger partial charge >= 0.3 is 0 Å². The molecule has 1 amide bonds. The summed E-state index contributed by atoms with van der Waals surface area (Å²) in [5.41, 5.74) is 1.51. The fraction of sp³-hybridized carbons (Fsp3) is 0.625. The molecule has 2 heterocycles. The summed E-state index contributed by atoms with van der Waals surface area (Å²) in [5.74, 6) is -0.0877. The number of carbonyl (C=O) groups excluding carboxylic acids is 1. The van der Waals surface area contributed by atoms with Gasteiger partial charge in [-0.05, 0) is 52.1 Å². The van der Waals surface area contributed by atoms with Gasteiger partial charge in [0.1, 0.15) is 11.1 Å². The third-order valence-corrected chi connectivity index (χ3v) is 5.33. The number of nitrogens with one attached hydrogen (secondary N) is 1. The molecular formula is C16H23N3O2S. The quantitative estimate of drug-likeness (QED) is 0.873. The highest BCUT2D eigenvalue weighted by molar-refractivity contribution is 7.16. The van der Waals surface area contributed by atoms with Gasteiger partial charge in [0, 0.05) is 10.9 Å². The van der Waals surface area contributed by atoms with Crippen molar-refractivity contribution >= 4 is 22.2 Å². The van der Waals surface area contributed by atoms with Crippen LogP contribution in [-0.4, -0.2) is 41.1 Å². The lowest BCUT2D eigenvalue weighted by molar-refractivity contribution is -0.117. The Hall–Kier alpha value is -1.42. The van der Waals surface area contributed by atoms with E-state index < -0.39 is 0 Å². The van der Waals surface area contributed by atoms with Gasteiger partial charge in [-0.25, -0.2) is 0 Å². The van der Waals surface area contributed by atoms with Crippen molar-refractivity contribution in [3.05, 3.63) is 16.0 Å². The van der Waals surface area contributed by atoms with Gasteiger partial charge < -0.3 is 10.4 Å². The number of nitriles is 1. The molecule has 22 heavy (non-hydrogen) atoms. The predicted octanol–water partition coefficient (Wildman–Crippen LogP) is 2.41. The Kier molecular flexibility index (Phi) is 5.57. The van der Waals surface area contributed by atoms with Crippen LogP contribution in [0.25, 0.3) is 0 Å². The van der Waals surface area contributed by atoms with Crippen LogP contribution in [0.15, 0.2) is 0 Å². The number of nitrogens with zero attached hydrogens (tertiary/aromatic N) is 2. The summed E-state index contributed by atoms with van der Waals surface area (Å²) in [7, 11) is 0. The molecule has 120 valence electrons. The molecule has 5 nitrogen and oxygen atoms in total. The van der Waals surface area contributed by atoms with E-state index in [9.17, 15) is 15.2 Å². The first-order chi connectivity index (χ1) is 10.4. The molecule has 1 fully saturated rings. The van der Waals surface area contributed by atoms with Crippen LogP contribution in [0.4, 0.5) is 5.00 Å². The van der Waals surface area contributed by atoms with E-state index in [4.69, 9.17) is 0 Å². The van der Waals surface area contributed by atoms with E-state index in [1.165, 1.54) is 11.3 Å². The van der Waals surface area contributed by atoms with Crippen LogP contribution in [0, 0.1) is 25.2 Å². The number of amides is 1. The topological polar surface area (TPSA) is 76.4 Å². The Morgan fingerprint density at radius 1 is 1.59 bits per heavy atom. The smallest absolute Gasteiger partial charge is 0.239 e. The fourth-order valence-corrected chi connectivity index (χ4v) is 3.99. The van der Waals surface area contributed by atoms with E-state index in [-0.39, 0.29) is 18.1 Å². The summed E-state index contributed by atoms with van der Waals surface area (Å²) in [5, 5.41) is 22.3. The van der Waals surface area contributed by atoms with Gasteiger partial charge in [0.2, 0.25) is 5.91 Å². The number of hydrogen-bond donors (Lipinski definition) is 2. The Balaban J connectivity index is 1.99. The second kappa shape index (κ2) is 7.23. The van der Waals surface area contributed by atoms with Gasteiger partial charge in [-0.3, -0.25) is 9.69 Å². The minimum atomic E-state index is -0.346. The molecule has 1 aromatic rings. The number of likely N-dealkylation sites (tertiary alicyclic amines) is 1. The summed E-state index contributed by atoms with van der Waals surface area (Å²) in [6.07, 6.45) is 2.44. The first-order valence-corrected chi connectivity index (χ1v) is 8.46. The van der Waals surface area contributed by atoms with Crippen LogP contribution in [0.1, 0.15) is 42.2 Å². The van der Waals surface area contributed by atoms with E-state index in [0.717, 1.165) is 29.8 Å². The van der Waals surface area contributed by atoms with Crippen LogP contribution in [0.3, 0.4) is 0 Å². The normalized spacial score (nSPS) is 19.9. The number of aliphatic hydroxyl groups is 1. The van der Waals surface area contributed by atoms with Crippen molar-refractivity contribution in [2.75, 3.05) is 18.4 Å². The van der Waals surface area contributed by atoms with E-state index >= 15 is 0 Å². The van der Waals surface area contributed by atoms with Crippen molar-refractivity contribution < 1.29 is 9.90 Å². The molecule has 0 aromatic carbocycles. The summed E-state index contributed by atoms with van der Waals surface area (Å²) in [4.78, 5) is 15.5. The molecule has 2 N–H and O–H groups in total. The number of rotatable bonds is 5. The average molecular weight is 321 g/mol. The second-order valence-electron chi connectivity index (χ2n) is 6.00. The highest BCUT2D eigenvalue weighted by Crippen LogP contribution is 2.31. The molecule has 1 aliphatic rings. The molecule has 0 bridgehead atoms. The molecule has 6 heteroatoms.